The van der Waals surface area contributed by atoms with E-state index in [0.717, 1.165) is 5.75 Å². The molecule has 1 fully saturated rings. The molecule has 2 aromatic carbocycles. The second-order valence-corrected chi connectivity index (χ2v) is 8.05. The quantitative estimate of drug-likeness (QED) is 0.755. The van der Waals surface area contributed by atoms with E-state index in [9.17, 15) is 9.18 Å². The highest BCUT2D eigenvalue weighted by atomic mass is 35.5. The third-order valence-electron chi connectivity index (χ3n) is 5.27. The third kappa shape index (κ3) is 4.65. The van der Waals surface area contributed by atoms with Gasteiger partial charge < -0.3 is 19.7 Å². The minimum absolute atomic E-state index is 0.0290. The number of rotatable bonds is 6. The predicted molar refractivity (Wildman–Crippen MR) is 111 cm³/mol. The SMILES string of the molecule is COc1ccc(OCc2c(Cl)cc(F)cc2C(C)N2CCNC(C)(C)C2=O)cc1. The van der Waals surface area contributed by atoms with Crippen molar-refractivity contribution in [2.45, 2.75) is 39.0 Å². The number of hydrogen-bond donors (Lipinski definition) is 1. The first-order valence-corrected chi connectivity index (χ1v) is 9.91. The van der Waals surface area contributed by atoms with Crippen LogP contribution in [0.3, 0.4) is 0 Å². The van der Waals surface area contributed by atoms with Gasteiger partial charge in [-0.15, -0.1) is 0 Å². The van der Waals surface area contributed by atoms with Gasteiger partial charge in [-0.25, -0.2) is 4.39 Å². The Morgan fingerprint density at radius 1 is 1.24 bits per heavy atom. The summed E-state index contributed by atoms with van der Waals surface area (Å²) in [5.74, 6) is 0.904. The van der Waals surface area contributed by atoms with Gasteiger partial charge in [-0.2, -0.15) is 0 Å². The van der Waals surface area contributed by atoms with Crippen molar-refractivity contribution in [3.05, 3.63) is 58.4 Å². The molecule has 29 heavy (non-hydrogen) atoms. The van der Waals surface area contributed by atoms with Gasteiger partial charge in [0.15, 0.2) is 0 Å². The minimum Gasteiger partial charge on any atom is -0.497 e. The Hall–Kier alpha value is -2.31. The van der Waals surface area contributed by atoms with Crippen molar-refractivity contribution in [2.75, 3.05) is 20.2 Å². The molecule has 0 bridgehead atoms. The highest BCUT2D eigenvalue weighted by Gasteiger charge is 2.38. The number of benzene rings is 2. The molecule has 7 heteroatoms. The zero-order valence-corrected chi connectivity index (χ0v) is 17.8. The molecule has 156 valence electrons. The maximum atomic E-state index is 14.2. The van der Waals surface area contributed by atoms with E-state index in [-0.39, 0.29) is 23.6 Å². The average Bonchev–Trinajstić information content (AvgIpc) is 2.68. The maximum Gasteiger partial charge on any atom is 0.242 e. The molecule has 1 N–H and O–H groups in total. The van der Waals surface area contributed by atoms with Crippen molar-refractivity contribution in [1.82, 2.24) is 10.2 Å². The van der Waals surface area contributed by atoms with Crippen LogP contribution in [0.4, 0.5) is 4.39 Å². The molecule has 1 unspecified atom stereocenters. The lowest BCUT2D eigenvalue weighted by atomic mass is 9.95. The number of carbonyl (C=O) groups excluding carboxylic acids is 1. The van der Waals surface area contributed by atoms with Crippen molar-refractivity contribution < 1.29 is 18.7 Å². The van der Waals surface area contributed by atoms with Crippen LogP contribution in [0.25, 0.3) is 0 Å². The van der Waals surface area contributed by atoms with Crippen molar-refractivity contribution in [2.24, 2.45) is 0 Å². The first-order valence-electron chi connectivity index (χ1n) is 9.53. The number of nitrogens with zero attached hydrogens (tertiary/aromatic N) is 1. The second-order valence-electron chi connectivity index (χ2n) is 7.65. The van der Waals surface area contributed by atoms with E-state index in [0.29, 0.717) is 30.0 Å². The van der Waals surface area contributed by atoms with E-state index in [1.807, 2.05) is 20.8 Å². The zero-order chi connectivity index (χ0) is 21.2. The largest absolute Gasteiger partial charge is 0.497 e. The fourth-order valence-corrected chi connectivity index (χ4v) is 3.81. The van der Waals surface area contributed by atoms with E-state index in [2.05, 4.69) is 5.32 Å². The van der Waals surface area contributed by atoms with Crippen molar-refractivity contribution >= 4 is 17.5 Å². The number of piperazine rings is 1. The van der Waals surface area contributed by atoms with Gasteiger partial charge in [0.2, 0.25) is 5.91 Å². The van der Waals surface area contributed by atoms with Crippen LogP contribution < -0.4 is 14.8 Å². The molecule has 0 radical (unpaired) electrons. The molecule has 1 amide bonds. The zero-order valence-electron chi connectivity index (χ0n) is 17.1. The summed E-state index contributed by atoms with van der Waals surface area (Å²) < 4.78 is 25.2. The van der Waals surface area contributed by atoms with Crippen LogP contribution >= 0.6 is 11.6 Å². The number of nitrogens with one attached hydrogen (secondary N) is 1. The molecule has 1 aliphatic heterocycles. The predicted octanol–water partition coefficient (Wildman–Crippen LogP) is 4.34. The van der Waals surface area contributed by atoms with Gasteiger partial charge >= 0.3 is 0 Å². The number of methoxy groups -OCH3 is 1. The average molecular weight is 421 g/mol. The molecule has 1 aliphatic rings. The molecule has 2 aromatic rings. The Balaban J connectivity index is 1.87. The molecule has 1 saturated heterocycles. The minimum atomic E-state index is -0.663. The van der Waals surface area contributed by atoms with Gasteiger partial charge in [-0.3, -0.25) is 4.79 Å². The number of ether oxygens (including phenoxy) is 2. The van der Waals surface area contributed by atoms with Crippen molar-refractivity contribution in [1.29, 1.82) is 0 Å². The van der Waals surface area contributed by atoms with E-state index < -0.39 is 11.4 Å². The number of hydrogen-bond acceptors (Lipinski definition) is 4. The standard InChI is InChI=1S/C22H26ClFN2O3/c1-14(26-10-9-25-22(2,3)21(26)27)18-11-15(24)12-20(23)19(18)13-29-17-7-5-16(28-4)6-8-17/h5-8,11-12,14,25H,9-10,13H2,1-4H3. The second kappa shape index (κ2) is 8.59. The lowest BCUT2D eigenvalue weighted by Gasteiger charge is -2.41. The number of amides is 1. The van der Waals surface area contributed by atoms with Crippen LogP contribution in [0.5, 0.6) is 11.5 Å². The smallest absolute Gasteiger partial charge is 0.242 e. The van der Waals surface area contributed by atoms with Crippen LogP contribution in [0.1, 0.15) is 37.9 Å². The van der Waals surface area contributed by atoms with Crippen molar-refractivity contribution in [3.8, 4) is 11.5 Å². The fraction of sp³-hybridized carbons (Fsp3) is 0.409. The Bertz CT molecular complexity index is 886. The maximum absolute atomic E-state index is 14.2. The molecule has 0 saturated carbocycles. The topological polar surface area (TPSA) is 50.8 Å². The first kappa shape index (κ1) is 21.4. The van der Waals surface area contributed by atoms with Crippen molar-refractivity contribution in [3.63, 3.8) is 0 Å². The highest BCUT2D eigenvalue weighted by molar-refractivity contribution is 6.31. The molecule has 1 atom stereocenters. The van der Waals surface area contributed by atoms with E-state index in [1.165, 1.54) is 12.1 Å². The van der Waals surface area contributed by atoms with Crippen LogP contribution in [0.15, 0.2) is 36.4 Å². The molecule has 3 rings (SSSR count). The lowest BCUT2D eigenvalue weighted by molar-refractivity contribution is -0.142. The van der Waals surface area contributed by atoms with Gasteiger partial charge in [0.1, 0.15) is 23.9 Å². The first-order chi connectivity index (χ1) is 13.7. The monoisotopic (exact) mass is 420 g/mol. The summed E-state index contributed by atoms with van der Waals surface area (Å²) in [7, 11) is 1.60. The van der Waals surface area contributed by atoms with Gasteiger partial charge in [-0.05, 0) is 62.7 Å². The highest BCUT2D eigenvalue weighted by Crippen LogP contribution is 2.33. The van der Waals surface area contributed by atoms with Gasteiger partial charge in [0.25, 0.3) is 0 Å². The number of halogens is 2. The van der Waals surface area contributed by atoms with Crippen LogP contribution in [-0.2, 0) is 11.4 Å². The van der Waals surface area contributed by atoms with Gasteiger partial charge in [0, 0.05) is 18.7 Å². The van der Waals surface area contributed by atoms with Gasteiger partial charge in [-0.1, -0.05) is 11.6 Å². The summed E-state index contributed by atoms with van der Waals surface area (Å²) in [4.78, 5) is 14.6. The summed E-state index contributed by atoms with van der Waals surface area (Å²) in [5, 5.41) is 3.49. The number of carbonyl (C=O) groups is 1. The summed E-state index contributed by atoms with van der Waals surface area (Å²) in [6, 6.07) is 9.55. The normalized spacial score (nSPS) is 17.2. The molecule has 0 aliphatic carbocycles. The summed E-state index contributed by atoms with van der Waals surface area (Å²) >= 11 is 6.37. The Morgan fingerprint density at radius 3 is 2.55 bits per heavy atom. The fourth-order valence-electron chi connectivity index (χ4n) is 3.54. The summed E-state index contributed by atoms with van der Waals surface area (Å²) in [6.45, 7) is 6.96. The Kier molecular flexibility index (Phi) is 6.34. The van der Waals surface area contributed by atoms with Crippen LogP contribution in [-0.4, -0.2) is 36.5 Å². The van der Waals surface area contributed by atoms with E-state index in [4.69, 9.17) is 21.1 Å². The summed E-state index contributed by atoms with van der Waals surface area (Å²) in [6.07, 6.45) is 0. The molecule has 5 nitrogen and oxygen atoms in total. The molecular formula is C22H26ClFN2O3. The van der Waals surface area contributed by atoms with E-state index >= 15 is 0 Å². The van der Waals surface area contributed by atoms with Gasteiger partial charge in [0.05, 0.1) is 23.7 Å². The van der Waals surface area contributed by atoms with E-state index in [1.54, 1.807) is 36.3 Å². The molecular weight excluding hydrogens is 395 g/mol. The lowest BCUT2D eigenvalue weighted by Crippen LogP contribution is -2.61. The van der Waals surface area contributed by atoms with Crippen LogP contribution in [0, 0.1) is 5.82 Å². The molecule has 0 aromatic heterocycles. The summed E-state index contributed by atoms with van der Waals surface area (Å²) in [5.41, 5.74) is 0.652. The third-order valence-corrected chi connectivity index (χ3v) is 5.61. The molecule has 0 spiro atoms. The Morgan fingerprint density at radius 2 is 1.90 bits per heavy atom. The Labute approximate surface area is 175 Å². The molecule has 1 heterocycles. The van der Waals surface area contributed by atoms with Crippen LogP contribution in [0.2, 0.25) is 5.02 Å².